The summed E-state index contributed by atoms with van der Waals surface area (Å²) in [5.41, 5.74) is 3.35. The highest BCUT2D eigenvalue weighted by molar-refractivity contribution is 5.98. The predicted octanol–water partition coefficient (Wildman–Crippen LogP) is 3.48. The maximum Gasteiger partial charge on any atom is 0.253 e. The maximum atomic E-state index is 12.9. The minimum absolute atomic E-state index is 0.0165. The topological polar surface area (TPSA) is 78.5 Å². The number of likely N-dealkylation sites (tertiary alicyclic amines) is 1. The average Bonchev–Trinajstić information content (AvgIpc) is 2.81. The number of nitrogens with zero attached hydrogens (tertiary/aromatic N) is 1. The lowest BCUT2D eigenvalue weighted by atomic mass is 9.88. The lowest BCUT2D eigenvalue weighted by Crippen LogP contribution is -2.54. The van der Waals surface area contributed by atoms with Crippen LogP contribution in [0.1, 0.15) is 58.0 Å². The van der Waals surface area contributed by atoms with Crippen molar-refractivity contribution in [1.29, 1.82) is 0 Å². The zero-order chi connectivity index (χ0) is 23.1. The number of hydrogen-bond donors (Lipinski definition) is 2. The smallest absolute Gasteiger partial charge is 0.253 e. The summed E-state index contributed by atoms with van der Waals surface area (Å²) in [6.45, 7) is 7.63. The molecule has 2 N–H and O–H groups in total. The van der Waals surface area contributed by atoms with E-state index in [-0.39, 0.29) is 23.6 Å². The van der Waals surface area contributed by atoms with Crippen molar-refractivity contribution in [2.24, 2.45) is 5.92 Å². The van der Waals surface area contributed by atoms with E-state index in [1.54, 1.807) is 12.1 Å². The zero-order valence-corrected chi connectivity index (χ0v) is 19.2. The number of rotatable bonds is 7. The van der Waals surface area contributed by atoms with Crippen LogP contribution in [0.4, 0.5) is 0 Å². The van der Waals surface area contributed by atoms with E-state index in [4.69, 9.17) is 0 Å². The normalized spacial score (nSPS) is 15.2. The van der Waals surface area contributed by atoms with Crippen molar-refractivity contribution in [3.05, 3.63) is 70.8 Å². The lowest BCUT2D eigenvalue weighted by Gasteiger charge is -2.36. The van der Waals surface area contributed by atoms with Gasteiger partial charge in [-0.25, -0.2) is 0 Å². The van der Waals surface area contributed by atoms with Crippen LogP contribution in [-0.2, 0) is 4.79 Å². The second-order valence-electron chi connectivity index (χ2n) is 8.61. The first-order valence-corrected chi connectivity index (χ1v) is 11.4. The van der Waals surface area contributed by atoms with Gasteiger partial charge in [-0.05, 0) is 63.3 Å². The first-order chi connectivity index (χ1) is 15.4. The van der Waals surface area contributed by atoms with Gasteiger partial charge < -0.3 is 15.5 Å². The summed E-state index contributed by atoms with van der Waals surface area (Å²) in [5.74, 6) is -0.415. The number of piperidine rings is 1. The van der Waals surface area contributed by atoms with Crippen LogP contribution < -0.4 is 10.6 Å². The van der Waals surface area contributed by atoms with Gasteiger partial charge in [0.2, 0.25) is 5.91 Å². The molecule has 1 aliphatic rings. The molecule has 1 fully saturated rings. The molecular formula is C26H33N3O3. The summed E-state index contributed by atoms with van der Waals surface area (Å²) in [7, 11) is 0. The molecule has 0 saturated carbocycles. The highest BCUT2D eigenvalue weighted by atomic mass is 16.2. The van der Waals surface area contributed by atoms with E-state index in [0.29, 0.717) is 43.6 Å². The molecule has 3 rings (SSSR count). The minimum atomic E-state index is -0.619. The molecule has 0 aliphatic carbocycles. The highest BCUT2D eigenvalue weighted by Gasteiger charge is 2.34. The molecule has 2 aromatic rings. The molecule has 1 saturated heterocycles. The second-order valence-corrected chi connectivity index (χ2v) is 8.61. The van der Waals surface area contributed by atoms with Crippen LogP contribution in [0.15, 0.2) is 48.5 Å². The summed E-state index contributed by atoms with van der Waals surface area (Å²) in [4.78, 5) is 40.4. The van der Waals surface area contributed by atoms with Crippen molar-refractivity contribution in [3.8, 4) is 0 Å². The Morgan fingerprint density at radius 2 is 1.66 bits per heavy atom. The quantitative estimate of drug-likeness (QED) is 0.699. The van der Waals surface area contributed by atoms with Gasteiger partial charge in [0.05, 0.1) is 0 Å². The molecule has 32 heavy (non-hydrogen) atoms. The van der Waals surface area contributed by atoms with Crippen LogP contribution in [-0.4, -0.2) is 48.3 Å². The van der Waals surface area contributed by atoms with Gasteiger partial charge in [-0.2, -0.15) is 0 Å². The number of amides is 3. The molecule has 0 spiro atoms. The van der Waals surface area contributed by atoms with E-state index >= 15 is 0 Å². The minimum Gasteiger partial charge on any atom is -0.354 e. The molecule has 2 aromatic carbocycles. The van der Waals surface area contributed by atoms with Gasteiger partial charge in [0.1, 0.15) is 6.04 Å². The van der Waals surface area contributed by atoms with Crippen LogP contribution in [0.3, 0.4) is 0 Å². The van der Waals surface area contributed by atoms with Crippen molar-refractivity contribution >= 4 is 17.7 Å². The number of carbonyl (C=O) groups is 3. The second kappa shape index (κ2) is 10.9. The molecule has 1 heterocycles. The van der Waals surface area contributed by atoms with Crippen LogP contribution in [0.5, 0.6) is 0 Å². The van der Waals surface area contributed by atoms with Gasteiger partial charge in [-0.15, -0.1) is 0 Å². The van der Waals surface area contributed by atoms with Gasteiger partial charge in [-0.1, -0.05) is 42.3 Å². The SMILES string of the molecule is CCCNC(=O)[C@H](NC(=O)c1ccc(C)cc1)C1CCN(C(=O)c2cccc(C)c2)CC1. The summed E-state index contributed by atoms with van der Waals surface area (Å²) in [6, 6.07) is 14.3. The third-order valence-corrected chi connectivity index (χ3v) is 6.00. The Balaban J connectivity index is 1.67. The third kappa shape index (κ3) is 5.96. The monoisotopic (exact) mass is 435 g/mol. The molecular weight excluding hydrogens is 402 g/mol. The van der Waals surface area contributed by atoms with E-state index in [1.165, 1.54) is 0 Å². The fourth-order valence-corrected chi connectivity index (χ4v) is 4.08. The van der Waals surface area contributed by atoms with Gasteiger partial charge >= 0.3 is 0 Å². The average molecular weight is 436 g/mol. The Bertz CT molecular complexity index is 947. The first-order valence-electron chi connectivity index (χ1n) is 11.4. The molecule has 1 atom stereocenters. The van der Waals surface area contributed by atoms with Crippen molar-refractivity contribution in [1.82, 2.24) is 15.5 Å². The van der Waals surface area contributed by atoms with Crippen molar-refractivity contribution in [2.75, 3.05) is 19.6 Å². The maximum absolute atomic E-state index is 12.9. The fourth-order valence-electron chi connectivity index (χ4n) is 4.08. The van der Waals surface area contributed by atoms with Crippen LogP contribution in [0.2, 0.25) is 0 Å². The molecule has 6 nitrogen and oxygen atoms in total. The van der Waals surface area contributed by atoms with Gasteiger partial charge in [-0.3, -0.25) is 14.4 Å². The predicted molar refractivity (Wildman–Crippen MR) is 126 cm³/mol. The standard InChI is InChI=1S/C26H33N3O3/c1-4-14-27-25(31)23(28-24(30)21-10-8-18(2)9-11-21)20-12-15-29(16-13-20)26(32)22-7-5-6-19(3)17-22/h5-11,17,20,23H,4,12-16H2,1-3H3,(H,27,31)(H,28,30)/t23-/m1/s1. The zero-order valence-electron chi connectivity index (χ0n) is 19.2. The summed E-state index contributed by atoms with van der Waals surface area (Å²) < 4.78 is 0. The number of benzene rings is 2. The number of nitrogens with one attached hydrogen (secondary N) is 2. The van der Waals surface area contributed by atoms with E-state index < -0.39 is 6.04 Å². The first kappa shape index (κ1) is 23.5. The van der Waals surface area contributed by atoms with Crippen molar-refractivity contribution < 1.29 is 14.4 Å². The Hall–Kier alpha value is -3.15. The molecule has 0 aromatic heterocycles. The summed E-state index contributed by atoms with van der Waals surface area (Å²) in [6.07, 6.45) is 2.15. The molecule has 170 valence electrons. The Labute approximate surface area is 190 Å². The number of hydrogen-bond acceptors (Lipinski definition) is 3. The highest BCUT2D eigenvalue weighted by Crippen LogP contribution is 2.23. The van der Waals surface area contributed by atoms with E-state index in [1.807, 2.05) is 62.1 Å². The Kier molecular flexibility index (Phi) is 8.03. The van der Waals surface area contributed by atoms with Gasteiger partial charge in [0.25, 0.3) is 11.8 Å². The van der Waals surface area contributed by atoms with E-state index in [0.717, 1.165) is 17.5 Å². The number of carbonyl (C=O) groups excluding carboxylic acids is 3. The van der Waals surface area contributed by atoms with Gasteiger partial charge in [0, 0.05) is 30.8 Å². The fraction of sp³-hybridized carbons (Fsp3) is 0.423. The van der Waals surface area contributed by atoms with E-state index in [9.17, 15) is 14.4 Å². The molecule has 6 heteroatoms. The van der Waals surface area contributed by atoms with Crippen LogP contribution in [0.25, 0.3) is 0 Å². The molecule has 0 radical (unpaired) electrons. The third-order valence-electron chi connectivity index (χ3n) is 6.00. The largest absolute Gasteiger partial charge is 0.354 e. The van der Waals surface area contributed by atoms with Crippen molar-refractivity contribution in [3.63, 3.8) is 0 Å². The van der Waals surface area contributed by atoms with Gasteiger partial charge in [0.15, 0.2) is 0 Å². The van der Waals surface area contributed by atoms with Crippen molar-refractivity contribution in [2.45, 2.75) is 46.1 Å². The molecule has 3 amide bonds. The molecule has 1 aliphatic heterocycles. The molecule has 0 unspecified atom stereocenters. The Morgan fingerprint density at radius 1 is 0.969 bits per heavy atom. The Morgan fingerprint density at radius 3 is 2.28 bits per heavy atom. The molecule has 0 bridgehead atoms. The van der Waals surface area contributed by atoms with E-state index in [2.05, 4.69) is 10.6 Å². The summed E-state index contributed by atoms with van der Waals surface area (Å²) >= 11 is 0. The van der Waals surface area contributed by atoms with Crippen LogP contribution >= 0.6 is 0 Å². The lowest BCUT2D eigenvalue weighted by molar-refractivity contribution is -0.124. The van der Waals surface area contributed by atoms with Crippen LogP contribution in [0, 0.1) is 19.8 Å². The summed E-state index contributed by atoms with van der Waals surface area (Å²) in [5, 5.41) is 5.89. The number of aryl methyl sites for hydroxylation is 2.